The van der Waals surface area contributed by atoms with Gasteiger partial charge in [-0.3, -0.25) is 0 Å². The molecule has 0 aromatic carbocycles. The van der Waals surface area contributed by atoms with Gasteiger partial charge in [-0.15, -0.1) is 11.3 Å². The van der Waals surface area contributed by atoms with Gasteiger partial charge in [0.25, 0.3) is 0 Å². The van der Waals surface area contributed by atoms with Crippen molar-refractivity contribution in [3.63, 3.8) is 0 Å². The Morgan fingerprint density at radius 2 is 2.17 bits per heavy atom. The van der Waals surface area contributed by atoms with Crippen LogP contribution in [-0.4, -0.2) is 52.8 Å². The molecule has 2 heterocycles. The van der Waals surface area contributed by atoms with Crippen LogP contribution in [0.25, 0.3) is 10.2 Å². The summed E-state index contributed by atoms with van der Waals surface area (Å²) in [7, 11) is 4.27. The Balaban J connectivity index is 1.60. The average molecular weight is 347 g/mol. The van der Waals surface area contributed by atoms with Crippen LogP contribution in [0.5, 0.6) is 0 Å². The lowest BCUT2D eigenvalue weighted by Gasteiger charge is -2.38. The van der Waals surface area contributed by atoms with E-state index in [1.165, 1.54) is 28.7 Å². The molecule has 130 valence electrons. The molecule has 1 unspecified atom stereocenters. The zero-order chi connectivity index (χ0) is 16.7. The van der Waals surface area contributed by atoms with Crippen molar-refractivity contribution >= 4 is 27.4 Å². The van der Waals surface area contributed by atoms with Crippen LogP contribution >= 0.6 is 11.3 Å². The summed E-state index contributed by atoms with van der Waals surface area (Å²) in [4.78, 5) is 13.9. The van der Waals surface area contributed by atoms with E-state index in [-0.39, 0.29) is 12.5 Å². The summed E-state index contributed by atoms with van der Waals surface area (Å²) in [6.07, 6.45) is 8.53. The van der Waals surface area contributed by atoms with Crippen LogP contribution in [0.4, 0.5) is 5.82 Å². The number of anilines is 1. The third kappa shape index (κ3) is 2.80. The Morgan fingerprint density at radius 3 is 2.96 bits per heavy atom. The lowest BCUT2D eigenvalue weighted by atomic mass is 9.81. The molecule has 1 saturated carbocycles. The Morgan fingerprint density at radius 1 is 1.29 bits per heavy atom. The molecule has 0 aliphatic heterocycles. The summed E-state index contributed by atoms with van der Waals surface area (Å²) in [6, 6.07) is 0.859. The number of thiophene rings is 1. The minimum atomic E-state index is 0.234. The molecule has 0 bridgehead atoms. The third-order valence-electron chi connectivity index (χ3n) is 5.74. The molecule has 5 nitrogen and oxygen atoms in total. The molecule has 2 aromatic rings. The van der Waals surface area contributed by atoms with E-state index < -0.39 is 0 Å². The van der Waals surface area contributed by atoms with Crippen molar-refractivity contribution in [3.05, 3.63) is 16.8 Å². The highest BCUT2D eigenvalue weighted by Crippen LogP contribution is 2.40. The third-order valence-corrected chi connectivity index (χ3v) is 6.94. The van der Waals surface area contributed by atoms with Gasteiger partial charge in [0.15, 0.2) is 0 Å². The molecule has 6 heteroatoms. The first kappa shape index (κ1) is 16.2. The van der Waals surface area contributed by atoms with E-state index in [2.05, 4.69) is 34.3 Å². The summed E-state index contributed by atoms with van der Waals surface area (Å²) in [5.74, 6) is 1.26. The maximum Gasteiger partial charge on any atom is 0.138 e. The second kappa shape index (κ2) is 6.58. The molecule has 4 rings (SSSR count). The second-order valence-electron chi connectivity index (χ2n) is 7.38. The van der Waals surface area contributed by atoms with Gasteiger partial charge in [0.05, 0.1) is 5.39 Å². The molecule has 0 spiro atoms. The standard InChI is InChI=1S/C18H26N4OS/c1-22(2)12-6-7-14(11(8-12)9-23)21-17-16-13-4-3-5-15(13)24-18(16)20-10-19-17/h10-12,14,23H,3-9H2,1-2H3,(H,19,20,21)/t11-,12-,14?/m1/s1. The quantitative estimate of drug-likeness (QED) is 0.891. The second-order valence-corrected chi connectivity index (χ2v) is 8.47. The first-order chi connectivity index (χ1) is 11.7. The van der Waals surface area contributed by atoms with Gasteiger partial charge in [0, 0.05) is 29.5 Å². The smallest absolute Gasteiger partial charge is 0.138 e. The zero-order valence-electron chi connectivity index (χ0n) is 14.5. The van der Waals surface area contributed by atoms with Crippen LogP contribution in [0.2, 0.25) is 0 Å². The van der Waals surface area contributed by atoms with Gasteiger partial charge in [-0.05, 0) is 58.2 Å². The Labute approximate surface area is 147 Å². The van der Waals surface area contributed by atoms with E-state index in [4.69, 9.17) is 0 Å². The van der Waals surface area contributed by atoms with E-state index in [0.717, 1.165) is 36.3 Å². The van der Waals surface area contributed by atoms with Crippen molar-refractivity contribution in [2.24, 2.45) is 5.92 Å². The summed E-state index contributed by atoms with van der Waals surface area (Å²) in [6.45, 7) is 0.234. The topological polar surface area (TPSA) is 61.3 Å². The summed E-state index contributed by atoms with van der Waals surface area (Å²) < 4.78 is 0. The van der Waals surface area contributed by atoms with Crippen molar-refractivity contribution in [3.8, 4) is 0 Å². The number of nitrogens with one attached hydrogen (secondary N) is 1. The van der Waals surface area contributed by atoms with Crippen LogP contribution < -0.4 is 5.32 Å². The Hall–Kier alpha value is -1.24. The lowest BCUT2D eigenvalue weighted by molar-refractivity contribution is 0.121. The number of nitrogens with zero attached hydrogens (tertiary/aromatic N) is 3. The first-order valence-electron chi connectivity index (χ1n) is 8.96. The monoisotopic (exact) mass is 346 g/mol. The van der Waals surface area contributed by atoms with Crippen LogP contribution in [-0.2, 0) is 12.8 Å². The minimum absolute atomic E-state index is 0.234. The number of aliphatic hydroxyl groups is 1. The zero-order valence-corrected chi connectivity index (χ0v) is 15.3. The summed E-state index contributed by atoms with van der Waals surface area (Å²) >= 11 is 1.83. The number of fused-ring (bicyclic) bond motifs is 3. The van der Waals surface area contributed by atoms with Gasteiger partial charge < -0.3 is 15.3 Å². The molecule has 2 aliphatic carbocycles. The molecule has 2 N–H and O–H groups in total. The number of aliphatic hydroxyl groups excluding tert-OH is 1. The van der Waals surface area contributed by atoms with Crippen molar-refractivity contribution < 1.29 is 5.11 Å². The molecule has 0 saturated heterocycles. The van der Waals surface area contributed by atoms with E-state index >= 15 is 0 Å². The van der Waals surface area contributed by atoms with Crippen LogP contribution in [0.15, 0.2) is 6.33 Å². The molecule has 0 radical (unpaired) electrons. The van der Waals surface area contributed by atoms with Gasteiger partial charge in [-0.1, -0.05) is 0 Å². The number of hydrogen-bond acceptors (Lipinski definition) is 6. The summed E-state index contributed by atoms with van der Waals surface area (Å²) in [5, 5.41) is 14.8. The van der Waals surface area contributed by atoms with Crippen molar-refractivity contribution in [2.75, 3.05) is 26.0 Å². The van der Waals surface area contributed by atoms with Gasteiger partial charge >= 0.3 is 0 Å². The fourth-order valence-corrected chi connectivity index (χ4v) is 5.54. The summed E-state index contributed by atoms with van der Waals surface area (Å²) in [5.41, 5.74) is 1.46. The molecule has 24 heavy (non-hydrogen) atoms. The van der Waals surface area contributed by atoms with Crippen LogP contribution in [0.3, 0.4) is 0 Å². The van der Waals surface area contributed by atoms with E-state index in [1.54, 1.807) is 6.33 Å². The molecule has 0 amide bonds. The SMILES string of the molecule is CN(C)[C@@H]1CCC(Nc2ncnc3sc4c(c23)CCC4)[C@@H](CO)C1. The first-order valence-corrected chi connectivity index (χ1v) is 9.78. The maximum absolute atomic E-state index is 9.88. The van der Waals surface area contributed by atoms with Crippen LogP contribution in [0.1, 0.15) is 36.1 Å². The fourth-order valence-electron chi connectivity index (χ4n) is 4.31. The lowest BCUT2D eigenvalue weighted by Crippen LogP contribution is -2.43. The van der Waals surface area contributed by atoms with Crippen molar-refractivity contribution in [1.82, 2.24) is 14.9 Å². The Kier molecular flexibility index (Phi) is 4.45. The van der Waals surface area contributed by atoms with Gasteiger partial charge in [0.2, 0.25) is 0 Å². The van der Waals surface area contributed by atoms with E-state index in [0.29, 0.717) is 12.1 Å². The molecular formula is C18H26N4OS. The van der Waals surface area contributed by atoms with E-state index in [1.807, 2.05) is 11.3 Å². The van der Waals surface area contributed by atoms with E-state index in [9.17, 15) is 5.11 Å². The highest BCUT2D eigenvalue weighted by Gasteiger charge is 2.32. The largest absolute Gasteiger partial charge is 0.396 e. The Bertz CT molecular complexity index is 729. The number of hydrogen-bond donors (Lipinski definition) is 2. The number of aryl methyl sites for hydroxylation is 2. The maximum atomic E-state index is 9.88. The normalized spacial score (nSPS) is 26.9. The fraction of sp³-hybridized carbons (Fsp3) is 0.667. The predicted molar refractivity (Wildman–Crippen MR) is 98.8 cm³/mol. The van der Waals surface area contributed by atoms with Crippen LogP contribution in [0, 0.1) is 5.92 Å². The minimum Gasteiger partial charge on any atom is -0.396 e. The van der Waals surface area contributed by atoms with Gasteiger partial charge in [0.1, 0.15) is 17.0 Å². The predicted octanol–water partition coefficient (Wildman–Crippen LogP) is 2.68. The molecule has 1 fully saturated rings. The van der Waals surface area contributed by atoms with Crippen molar-refractivity contribution in [2.45, 2.75) is 50.6 Å². The molecular weight excluding hydrogens is 320 g/mol. The molecule has 3 atom stereocenters. The number of rotatable bonds is 4. The molecule has 2 aliphatic rings. The number of aromatic nitrogens is 2. The highest BCUT2D eigenvalue weighted by atomic mass is 32.1. The van der Waals surface area contributed by atoms with Gasteiger partial charge in [-0.2, -0.15) is 0 Å². The highest BCUT2D eigenvalue weighted by molar-refractivity contribution is 7.19. The van der Waals surface area contributed by atoms with Crippen molar-refractivity contribution in [1.29, 1.82) is 0 Å². The molecule has 2 aromatic heterocycles. The average Bonchev–Trinajstić information content (AvgIpc) is 3.16. The van der Waals surface area contributed by atoms with Gasteiger partial charge in [-0.25, -0.2) is 9.97 Å².